The third kappa shape index (κ3) is 2.17. The molecule has 0 fully saturated rings. The Balaban J connectivity index is 2.51. The summed E-state index contributed by atoms with van der Waals surface area (Å²) < 4.78 is 8.49. The number of aryl methyl sites for hydroxylation is 1. The summed E-state index contributed by atoms with van der Waals surface area (Å²) in [5, 5.41) is 18.8. The number of nitrogens with zero attached hydrogens (tertiary/aromatic N) is 4. The van der Waals surface area contributed by atoms with Gasteiger partial charge in [-0.2, -0.15) is 10.2 Å². The number of aliphatic hydroxyl groups excluding tert-OH is 1. The molecule has 19 heavy (non-hydrogen) atoms. The molecule has 2 aromatic rings. The highest BCUT2D eigenvalue weighted by atomic mass is 16.5. The zero-order valence-corrected chi connectivity index (χ0v) is 11.5. The maximum Gasteiger partial charge on any atom is 0.163 e. The molecule has 0 saturated heterocycles. The number of hydrogen-bond donors (Lipinski definition) is 2. The van der Waals surface area contributed by atoms with Crippen molar-refractivity contribution >= 4 is 5.82 Å². The third-order valence-electron chi connectivity index (χ3n) is 3.08. The van der Waals surface area contributed by atoms with Crippen LogP contribution in [0.3, 0.4) is 0 Å². The van der Waals surface area contributed by atoms with Gasteiger partial charge in [0.05, 0.1) is 19.5 Å². The Labute approximate surface area is 111 Å². The Morgan fingerprint density at radius 1 is 1.32 bits per heavy atom. The molecule has 3 N–H and O–H groups in total. The summed E-state index contributed by atoms with van der Waals surface area (Å²) in [4.78, 5) is 0. The van der Waals surface area contributed by atoms with E-state index in [0.29, 0.717) is 22.8 Å². The normalized spacial score (nSPS) is 12.9. The van der Waals surface area contributed by atoms with Crippen LogP contribution in [0, 0.1) is 0 Å². The van der Waals surface area contributed by atoms with Crippen LogP contribution in [0.25, 0.3) is 0 Å². The molecule has 2 heterocycles. The zero-order valence-electron chi connectivity index (χ0n) is 11.5. The summed E-state index contributed by atoms with van der Waals surface area (Å²) in [6.45, 7) is 3.96. The first-order valence-corrected chi connectivity index (χ1v) is 6.04. The summed E-state index contributed by atoms with van der Waals surface area (Å²) in [5.74, 6) is 0.954. The molecular formula is C12H19N5O2. The van der Waals surface area contributed by atoms with Gasteiger partial charge in [0.25, 0.3) is 0 Å². The lowest BCUT2D eigenvalue weighted by atomic mass is 10.1. The van der Waals surface area contributed by atoms with Crippen molar-refractivity contribution in [1.82, 2.24) is 19.6 Å². The molecule has 2 rings (SSSR count). The first-order valence-electron chi connectivity index (χ1n) is 6.04. The summed E-state index contributed by atoms with van der Waals surface area (Å²) in [6.07, 6.45) is 2.22. The molecule has 7 nitrogen and oxygen atoms in total. The molecule has 0 spiro atoms. The minimum atomic E-state index is -0.923. The quantitative estimate of drug-likeness (QED) is 0.856. The number of aromatic nitrogens is 4. The van der Waals surface area contributed by atoms with Gasteiger partial charge < -0.3 is 15.6 Å². The average Bonchev–Trinajstić information content (AvgIpc) is 2.94. The molecule has 0 aromatic carbocycles. The number of anilines is 1. The second-order valence-corrected chi connectivity index (χ2v) is 4.65. The molecule has 104 valence electrons. The van der Waals surface area contributed by atoms with E-state index in [4.69, 9.17) is 10.5 Å². The molecule has 2 aromatic heterocycles. The first kappa shape index (κ1) is 13.4. The minimum absolute atomic E-state index is 0.103. The lowest BCUT2D eigenvalue weighted by molar-refractivity contribution is 0.200. The smallest absolute Gasteiger partial charge is 0.163 e. The van der Waals surface area contributed by atoms with Crippen molar-refractivity contribution < 1.29 is 9.84 Å². The molecule has 0 radical (unpaired) electrons. The number of methoxy groups -OCH3 is 1. The number of nitrogen functional groups attached to an aromatic ring is 1. The SMILES string of the molecule is COc1cnn(C(C)C)c1C(O)c1cnn(C)c1N. The van der Waals surface area contributed by atoms with Gasteiger partial charge in [-0.3, -0.25) is 9.36 Å². The van der Waals surface area contributed by atoms with E-state index < -0.39 is 6.10 Å². The van der Waals surface area contributed by atoms with Crippen LogP contribution >= 0.6 is 0 Å². The summed E-state index contributed by atoms with van der Waals surface area (Å²) >= 11 is 0. The number of nitrogens with two attached hydrogens (primary N) is 1. The van der Waals surface area contributed by atoms with Gasteiger partial charge in [0.2, 0.25) is 0 Å². The van der Waals surface area contributed by atoms with Crippen molar-refractivity contribution in [3.05, 3.63) is 23.7 Å². The largest absolute Gasteiger partial charge is 0.493 e. The molecule has 0 aliphatic heterocycles. The highest BCUT2D eigenvalue weighted by Gasteiger charge is 2.25. The Morgan fingerprint density at radius 3 is 2.47 bits per heavy atom. The highest BCUT2D eigenvalue weighted by molar-refractivity contribution is 5.45. The van der Waals surface area contributed by atoms with Gasteiger partial charge in [0.15, 0.2) is 5.75 Å². The molecule has 0 saturated carbocycles. The summed E-state index contributed by atoms with van der Waals surface area (Å²) in [6, 6.07) is 0.103. The molecule has 0 aliphatic rings. The van der Waals surface area contributed by atoms with Gasteiger partial charge >= 0.3 is 0 Å². The van der Waals surface area contributed by atoms with Crippen molar-refractivity contribution in [2.75, 3.05) is 12.8 Å². The van der Waals surface area contributed by atoms with Crippen LogP contribution in [0.4, 0.5) is 5.82 Å². The average molecular weight is 265 g/mol. The predicted octanol–water partition coefficient (Wildman–Crippen LogP) is 0.870. The molecule has 0 amide bonds. The number of aliphatic hydroxyl groups is 1. The zero-order chi connectivity index (χ0) is 14.2. The number of rotatable bonds is 4. The van der Waals surface area contributed by atoms with E-state index in [0.717, 1.165) is 0 Å². The fraction of sp³-hybridized carbons (Fsp3) is 0.500. The van der Waals surface area contributed by atoms with Crippen molar-refractivity contribution in [3.8, 4) is 5.75 Å². The second-order valence-electron chi connectivity index (χ2n) is 4.65. The van der Waals surface area contributed by atoms with Gasteiger partial charge in [-0.1, -0.05) is 0 Å². The highest BCUT2D eigenvalue weighted by Crippen LogP contribution is 2.33. The van der Waals surface area contributed by atoms with Crippen LogP contribution in [0.5, 0.6) is 5.75 Å². The van der Waals surface area contributed by atoms with Crippen LogP contribution in [-0.2, 0) is 7.05 Å². The fourth-order valence-electron chi connectivity index (χ4n) is 2.01. The molecule has 0 bridgehead atoms. The van der Waals surface area contributed by atoms with Crippen molar-refractivity contribution in [1.29, 1.82) is 0 Å². The Bertz CT molecular complexity index is 573. The maximum atomic E-state index is 10.5. The topological polar surface area (TPSA) is 91.1 Å². The lowest BCUT2D eigenvalue weighted by Crippen LogP contribution is -2.14. The molecule has 0 aliphatic carbocycles. The summed E-state index contributed by atoms with van der Waals surface area (Å²) in [5.41, 5.74) is 7.02. The second kappa shape index (κ2) is 4.93. The first-order chi connectivity index (χ1) is 8.97. The van der Waals surface area contributed by atoms with Gasteiger partial charge in [-0.15, -0.1) is 0 Å². The predicted molar refractivity (Wildman–Crippen MR) is 70.8 cm³/mol. The number of hydrogen-bond acceptors (Lipinski definition) is 5. The standard InChI is InChI=1S/C12H19N5O2/c1-7(2)17-10(9(19-4)6-15-17)11(18)8-5-14-16(3)12(8)13/h5-7,11,18H,13H2,1-4H3. The third-order valence-corrected chi connectivity index (χ3v) is 3.08. The Kier molecular flexibility index (Phi) is 3.48. The van der Waals surface area contributed by atoms with E-state index >= 15 is 0 Å². The van der Waals surface area contributed by atoms with Crippen LogP contribution < -0.4 is 10.5 Å². The summed E-state index contributed by atoms with van der Waals surface area (Å²) in [7, 11) is 3.27. The van der Waals surface area contributed by atoms with E-state index in [2.05, 4.69) is 10.2 Å². The van der Waals surface area contributed by atoms with Crippen LogP contribution in [-0.4, -0.2) is 31.8 Å². The Morgan fingerprint density at radius 2 is 2.00 bits per heavy atom. The van der Waals surface area contributed by atoms with E-state index in [-0.39, 0.29) is 6.04 Å². The van der Waals surface area contributed by atoms with Gasteiger partial charge in [0, 0.05) is 18.7 Å². The van der Waals surface area contributed by atoms with E-state index in [1.807, 2.05) is 13.8 Å². The van der Waals surface area contributed by atoms with Crippen LogP contribution in [0.15, 0.2) is 12.4 Å². The van der Waals surface area contributed by atoms with Crippen LogP contribution in [0.1, 0.15) is 37.3 Å². The Hall–Kier alpha value is -2.02. The molecule has 1 unspecified atom stereocenters. The molecular weight excluding hydrogens is 246 g/mol. The number of ether oxygens (including phenoxy) is 1. The molecule has 7 heteroatoms. The lowest BCUT2D eigenvalue weighted by Gasteiger charge is -2.16. The van der Waals surface area contributed by atoms with Crippen molar-refractivity contribution in [3.63, 3.8) is 0 Å². The van der Waals surface area contributed by atoms with Crippen molar-refractivity contribution in [2.24, 2.45) is 7.05 Å². The van der Waals surface area contributed by atoms with E-state index in [1.54, 1.807) is 31.2 Å². The molecule has 1 atom stereocenters. The van der Waals surface area contributed by atoms with E-state index in [1.165, 1.54) is 4.68 Å². The van der Waals surface area contributed by atoms with Gasteiger partial charge in [0.1, 0.15) is 17.6 Å². The fourth-order valence-corrected chi connectivity index (χ4v) is 2.01. The maximum absolute atomic E-state index is 10.5. The van der Waals surface area contributed by atoms with Gasteiger partial charge in [-0.05, 0) is 13.8 Å². The van der Waals surface area contributed by atoms with Crippen molar-refractivity contribution in [2.45, 2.75) is 26.0 Å². The van der Waals surface area contributed by atoms with Crippen LogP contribution in [0.2, 0.25) is 0 Å². The monoisotopic (exact) mass is 265 g/mol. The van der Waals surface area contributed by atoms with E-state index in [9.17, 15) is 5.11 Å². The van der Waals surface area contributed by atoms with Gasteiger partial charge in [-0.25, -0.2) is 0 Å². The minimum Gasteiger partial charge on any atom is -0.493 e.